The first-order valence-electron chi connectivity index (χ1n) is 9.04. The molecule has 144 valence electrons. The van der Waals surface area contributed by atoms with Crippen LogP contribution >= 0.6 is 0 Å². The largest absolute Gasteiger partial charge is 0.493 e. The summed E-state index contributed by atoms with van der Waals surface area (Å²) >= 11 is 0. The van der Waals surface area contributed by atoms with Crippen LogP contribution in [0.25, 0.3) is 0 Å². The number of ether oxygens (including phenoxy) is 2. The van der Waals surface area contributed by atoms with Gasteiger partial charge in [-0.3, -0.25) is 4.79 Å². The van der Waals surface area contributed by atoms with Gasteiger partial charge in [0, 0.05) is 31.4 Å². The molecule has 27 heavy (non-hydrogen) atoms. The molecule has 0 bridgehead atoms. The molecule has 1 aliphatic heterocycles. The van der Waals surface area contributed by atoms with Gasteiger partial charge in [0.1, 0.15) is 17.1 Å². The van der Waals surface area contributed by atoms with E-state index in [1.54, 1.807) is 31.2 Å². The van der Waals surface area contributed by atoms with Crippen LogP contribution in [0.5, 0.6) is 5.75 Å². The second-order valence-corrected chi connectivity index (χ2v) is 6.45. The summed E-state index contributed by atoms with van der Waals surface area (Å²) in [5.74, 6) is -0.102. The number of hydrogen-bond donors (Lipinski definition) is 2. The van der Waals surface area contributed by atoms with E-state index in [0.717, 1.165) is 31.8 Å². The van der Waals surface area contributed by atoms with Crippen molar-refractivity contribution < 1.29 is 28.6 Å². The second kappa shape index (κ2) is 8.73. The van der Waals surface area contributed by atoms with Crippen LogP contribution in [-0.4, -0.2) is 36.8 Å². The molecular weight excluding hydrogens is 350 g/mol. The van der Waals surface area contributed by atoms with Gasteiger partial charge in [-0.15, -0.1) is 0 Å². The zero-order valence-electron chi connectivity index (χ0n) is 15.2. The Kier molecular flexibility index (Phi) is 6.13. The Morgan fingerprint density at radius 1 is 1.22 bits per heavy atom. The fourth-order valence-corrected chi connectivity index (χ4v) is 2.94. The van der Waals surface area contributed by atoms with Gasteiger partial charge in [-0.2, -0.15) is 0 Å². The summed E-state index contributed by atoms with van der Waals surface area (Å²) in [5, 5.41) is 11.8. The summed E-state index contributed by atoms with van der Waals surface area (Å²) in [4.78, 5) is 23.5. The van der Waals surface area contributed by atoms with Crippen LogP contribution in [0.15, 0.2) is 34.7 Å². The average molecular weight is 373 g/mol. The van der Waals surface area contributed by atoms with E-state index < -0.39 is 11.9 Å². The number of furan rings is 1. The molecule has 3 rings (SSSR count). The van der Waals surface area contributed by atoms with Crippen molar-refractivity contribution in [2.45, 2.75) is 26.2 Å². The molecule has 0 radical (unpaired) electrons. The fourth-order valence-electron chi connectivity index (χ4n) is 2.94. The van der Waals surface area contributed by atoms with Crippen molar-refractivity contribution in [1.29, 1.82) is 0 Å². The molecule has 1 saturated heterocycles. The lowest BCUT2D eigenvalue weighted by Crippen LogP contribution is -2.21. The molecule has 7 heteroatoms. The van der Waals surface area contributed by atoms with Crippen LogP contribution in [0.3, 0.4) is 0 Å². The molecular formula is C20H23NO6. The number of hydrogen-bond acceptors (Lipinski definition) is 5. The predicted octanol–water partition coefficient (Wildman–Crippen LogP) is 3.60. The lowest BCUT2D eigenvalue weighted by Gasteiger charge is -2.22. The highest BCUT2D eigenvalue weighted by atomic mass is 16.5. The molecule has 2 aromatic rings. The summed E-state index contributed by atoms with van der Waals surface area (Å²) < 4.78 is 16.5. The van der Waals surface area contributed by atoms with Gasteiger partial charge in [0.15, 0.2) is 5.76 Å². The first-order valence-corrected chi connectivity index (χ1v) is 9.04. The topological polar surface area (TPSA) is 98.0 Å². The van der Waals surface area contributed by atoms with Gasteiger partial charge < -0.3 is 24.3 Å². The van der Waals surface area contributed by atoms with Gasteiger partial charge in [0.25, 0.3) is 5.91 Å². The number of aromatic carboxylic acids is 1. The molecule has 2 N–H and O–H groups in total. The lowest BCUT2D eigenvalue weighted by molar-refractivity contribution is 0.0497. The number of benzene rings is 1. The van der Waals surface area contributed by atoms with Crippen molar-refractivity contribution >= 4 is 17.6 Å². The minimum absolute atomic E-state index is 0.0134. The monoisotopic (exact) mass is 373 g/mol. The molecule has 1 amide bonds. The first-order chi connectivity index (χ1) is 13.1. The van der Waals surface area contributed by atoms with E-state index in [4.69, 9.17) is 19.0 Å². The number of carbonyl (C=O) groups excluding carboxylic acids is 1. The van der Waals surface area contributed by atoms with Crippen LogP contribution in [0, 0.1) is 5.92 Å². The van der Waals surface area contributed by atoms with E-state index in [1.165, 1.54) is 6.07 Å². The highest BCUT2D eigenvalue weighted by molar-refractivity contribution is 6.04. The Bertz CT molecular complexity index is 789. The normalized spacial score (nSPS) is 14.7. The van der Waals surface area contributed by atoms with Crippen LogP contribution in [0.4, 0.5) is 5.69 Å². The number of carboxylic acid groups (broad SMARTS) is 1. The van der Waals surface area contributed by atoms with Crippen LogP contribution in [0.1, 0.15) is 46.4 Å². The smallest absolute Gasteiger partial charge is 0.339 e. The summed E-state index contributed by atoms with van der Waals surface area (Å²) in [6.07, 6.45) is 2.42. The summed E-state index contributed by atoms with van der Waals surface area (Å²) in [7, 11) is 0. The van der Waals surface area contributed by atoms with E-state index in [1.807, 2.05) is 0 Å². The zero-order valence-corrected chi connectivity index (χ0v) is 15.2. The van der Waals surface area contributed by atoms with Gasteiger partial charge in [0.2, 0.25) is 0 Å². The Morgan fingerprint density at radius 3 is 2.52 bits per heavy atom. The van der Waals surface area contributed by atoms with Crippen molar-refractivity contribution in [3.05, 3.63) is 47.4 Å². The predicted molar refractivity (Wildman–Crippen MR) is 98.5 cm³/mol. The highest BCUT2D eigenvalue weighted by Gasteiger charge is 2.20. The standard InChI is InChI=1S/C20H23NO6/c1-2-17-16(20(23)24)11-18(27-17)19(22)21-14-3-5-15(6-4-14)26-12-13-7-9-25-10-8-13/h3-6,11,13H,2,7-10,12H2,1H3,(H,21,22)(H,23,24). The van der Waals surface area contributed by atoms with Crippen LogP contribution in [-0.2, 0) is 11.2 Å². The number of anilines is 1. The molecule has 0 unspecified atom stereocenters. The molecule has 7 nitrogen and oxygen atoms in total. The summed E-state index contributed by atoms with van der Waals surface area (Å²) in [6.45, 7) is 4.00. The van der Waals surface area contributed by atoms with E-state index in [9.17, 15) is 9.59 Å². The Labute approximate surface area is 157 Å². The van der Waals surface area contributed by atoms with E-state index >= 15 is 0 Å². The molecule has 1 aliphatic rings. The third-order valence-electron chi connectivity index (χ3n) is 4.52. The number of rotatable bonds is 7. The fraction of sp³-hybridized carbons (Fsp3) is 0.400. The van der Waals surface area contributed by atoms with Gasteiger partial charge in [0.05, 0.1) is 6.61 Å². The first kappa shape index (κ1) is 19.0. The number of carbonyl (C=O) groups is 2. The number of aryl methyl sites for hydroxylation is 1. The van der Waals surface area contributed by atoms with Crippen molar-refractivity contribution in [3.8, 4) is 5.75 Å². The minimum Gasteiger partial charge on any atom is -0.493 e. The molecule has 1 aromatic heterocycles. The van der Waals surface area contributed by atoms with E-state index in [0.29, 0.717) is 24.6 Å². The maximum absolute atomic E-state index is 12.3. The zero-order chi connectivity index (χ0) is 19.2. The maximum Gasteiger partial charge on any atom is 0.339 e. The molecule has 2 heterocycles. The molecule has 1 aromatic carbocycles. The second-order valence-electron chi connectivity index (χ2n) is 6.45. The van der Waals surface area contributed by atoms with Gasteiger partial charge in [-0.1, -0.05) is 6.92 Å². The molecule has 0 saturated carbocycles. The van der Waals surface area contributed by atoms with Crippen molar-refractivity contribution in [2.75, 3.05) is 25.1 Å². The SMILES string of the molecule is CCc1oc(C(=O)Nc2ccc(OCC3CCOCC3)cc2)cc1C(=O)O. The third-order valence-corrected chi connectivity index (χ3v) is 4.52. The van der Waals surface area contributed by atoms with Crippen molar-refractivity contribution in [3.63, 3.8) is 0 Å². The van der Waals surface area contributed by atoms with Crippen molar-refractivity contribution in [1.82, 2.24) is 0 Å². The van der Waals surface area contributed by atoms with Crippen LogP contribution < -0.4 is 10.1 Å². The number of amides is 1. The lowest BCUT2D eigenvalue weighted by atomic mass is 10.0. The van der Waals surface area contributed by atoms with E-state index in [-0.39, 0.29) is 17.1 Å². The Hall–Kier alpha value is -2.80. The molecule has 0 atom stereocenters. The van der Waals surface area contributed by atoms with Gasteiger partial charge in [-0.25, -0.2) is 4.79 Å². The number of carboxylic acids is 1. The van der Waals surface area contributed by atoms with E-state index in [2.05, 4.69) is 5.32 Å². The van der Waals surface area contributed by atoms with Crippen molar-refractivity contribution in [2.24, 2.45) is 5.92 Å². The highest BCUT2D eigenvalue weighted by Crippen LogP contribution is 2.21. The quantitative estimate of drug-likeness (QED) is 0.769. The summed E-state index contributed by atoms with van der Waals surface area (Å²) in [6, 6.07) is 8.30. The minimum atomic E-state index is -1.11. The summed E-state index contributed by atoms with van der Waals surface area (Å²) in [5.41, 5.74) is 0.587. The molecule has 0 aliphatic carbocycles. The Morgan fingerprint density at radius 2 is 1.93 bits per heavy atom. The molecule has 0 spiro atoms. The molecule has 1 fully saturated rings. The van der Waals surface area contributed by atoms with Crippen LogP contribution in [0.2, 0.25) is 0 Å². The maximum atomic E-state index is 12.3. The average Bonchev–Trinajstić information content (AvgIpc) is 3.13. The van der Waals surface area contributed by atoms with Gasteiger partial charge >= 0.3 is 5.97 Å². The third kappa shape index (κ3) is 4.89. The number of nitrogens with one attached hydrogen (secondary N) is 1. The Balaban J connectivity index is 1.57. The van der Waals surface area contributed by atoms with Gasteiger partial charge in [-0.05, 0) is 43.0 Å².